The number of β-amino-alcohol motifs (C(OH)–C–C–N with tert-alkyl or cyclic N) is 1. The molecule has 6 nitrogen and oxygen atoms in total. The first-order valence-electron chi connectivity index (χ1n) is 5.68. The van der Waals surface area contributed by atoms with Crippen LogP contribution in [0.15, 0.2) is 16.5 Å². The van der Waals surface area contributed by atoms with E-state index in [0.717, 1.165) is 13.1 Å². The zero-order valence-electron chi connectivity index (χ0n) is 9.63. The summed E-state index contributed by atoms with van der Waals surface area (Å²) in [5, 5.41) is 8.82. The first kappa shape index (κ1) is 11.9. The Bertz CT molecular complexity index is 383. The summed E-state index contributed by atoms with van der Waals surface area (Å²) in [4.78, 5) is 15.9. The first-order chi connectivity index (χ1) is 8.20. The number of carbonyl (C=O) groups is 1. The molecule has 94 valence electrons. The highest BCUT2D eigenvalue weighted by Crippen LogP contribution is 2.13. The summed E-state index contributed by atoms with van der Waals surface area (Å²) < 4.78 is 5.11. The van der Waals surface area contributed by atoms with Gasteiger partial charge in [-0.25, -0.2) is 0 Å². The molecule has 0 aliphatic carbocycles. The topological polar surface area (TPSA) is 82.9 Å². The molecule has 1 fully saturated rings. The van der Waals surface area contributed by atoms with E-state index in [-0.39, 0.29) is 24.2 Å². The number of nitrogen functional groups attached to an aromatic ring is 1. The number of rotatable bonds is 3. The highest BCUT2D eigenvalue weighted by Gasteiger charge is 2.23. The largest absolute Gasteiger partial charge is 0.436 e. The van der Waals surface area contributed by atoms with Crippen LogP contribution < -0.4 is 5.73 Å². The minimum atomic E-state index is -0.120. The molecule has 0 unspecified atom stereocenters. The second kappa shape index (κ2) is 5.20. The van der Waals surface area contributed by atoms with Crippen LogP contribution in [-0.4, -0.2) is 60.1 Å². The van der Waals surface area contributed by atoms with Gasteiger partial charge in [-0.05, 0) is 6.07 Å². The highest BCUT2D eigenvalue weighted by atomic mass is 16.4. The average molecular weight is 239 g/mol. The van der Waals surface area contributed by atoms with E-state index >= 15 is 0 Å². The lowest BCUT2D eigenvalue weighted by molar-refractivity contribution is 0.0586. The summed E-state index contributed by atoms with van der Waals surface area (Å²) >= 11 is 0. The molecule has 1 amide bonds. The summed E-state index contributed by atoms with van der Waals surface area (Å²) in [5.41, 5.74) is 5.43. The lowest BCUT2D eigenvalue weighted by Crippen LogP contribution is -2.49. The van der Waals surface area contributed by atoms with Gasteiger partial charge < -0.3 is 20.2 Å². The maximum Gasteiger partial charge on any atom is 0.289 e. The Labute approximate surface area is 99.6 Å². The summed E-state index contributed by atoms with van der Waals surface area (Å²) in [5.74, 6) is 0.427. The van der Waals surface area contributed by atoms with Crippen molar-refractivity contribution >= 4 is 11.8 Å². The number of furan rings is 1. The second-order valence-corrected chi connectivity index (χ2v) is 4.06. The molecule has 0 atom stereocenters. The van der Waals surface area contributed by atoms with Gasteiger partial charge in [-0.15, -0.1) is 0 Å². The number of nitrogens with zero attached hydrogens (tertiary/aromatic N) is 2. The van der Waals surface area contributed by atoms with Crippen molar-refractivity contribution in [1.29, 1.82) is 0 Å². The van der Waals surface area contributed by atoms with Crippen LogP contribution in [0.2, 0.25) is 0 Å². The van der Waals surface area contributed by atoms with Crippen LogP contribution in [0, 0.1) is 0 Å². The van der Waals surface area contributed by atoms with Crippen molar-refractivity contribution < 1.29 is 14.3 Å². The van der Waals surface area contributed by atoms with E-state index in [1.807, 2.05) is 0 Å². The molecule has 0 bridgehead atoms. The van der Waals surface area contributed by atoms with E-state index < -0.39 is 0 Å². The number of nitrogens with two attached hydrogens (primary N) is 1. The first-order valence-corrected chi connectivity index (χ1v) is 5.68. The number of aliphatic hydroxyl groups excluding tert-OH is 1. The van der Waals surface area contributed by atoms with E-state index in [9.17, 15) is 4.79 Å². The van der Waals surface area contributed by atoms with Crippen LogP contribution in [-0.2, 0) is 0 Å². The number of hydrogen-bond acceptors (Lipinski definition) is 5. The van der Waals surface area contributed by atoms with Crippen molar-refractivity contribution in [2.24, 2.45) is 0 Å². The number of amides is 1. The number of anilines is 1. The molecule has 1 aromatic heterocycles. The van der Waals surface area contributed by atoms with Crippen LogP contribution in [0.1, 0.15) is 10.6 Å². The standard InChI is InChI=1S/C11H17N3O3/c12-10-2-1-9(17-10)11(16)14-5-3-13(4-6-14)7-8-15/h1-2,15H,3-8,12H2. The van der Waals surface area contributed by atoms with Crippen molar-refractivity contribution in [2.45, 2.75) is 0 Å². The number of piperazine rings is 1. The Balaban J connectivity index is 1.90. The fourth-order valence-electron chi connectivity index (χ4n) is 1.94. The van der Waals surface area contributed by atoms with Gasteiger partial charge in [0.2, 0.25) is 0 Å². The van der Waals surface area contributed by atoms with Gasteiger partial charge in [0.05, 0.1) is 6.61 Å². The number of carbonyl (C=O) groups excluding carboxylic acids is 1. The smallest absolute Gasteiger partial charge is 0.289 e. The quantitative estimate of drug-likeness (QED) is 0.750. The number of aliphatic hydroxyl groups is 1. The van der Waals surface area contributed by atoms with Gasteiger partial charge in [-0.2, -0.15) is 0 Å². The minimum absolute atomic E-state index is 0.120. The van der Waals surface area contributed by atoms with Crippen molar-refractivity contribution in [3.63, 3.8) is 0 Å². The molecule has 1 aliphatic heterocycles. The average Bonchev–Trinajstić information content (AvgIpc) is 2.76. The molecular weight excluding hydrogens is 222 g/mol. The molecule has 0 aromatic carbocycles. The normalized spacial score (nSPS) is 17.4. The van der Waals surface area contributed by atoms with E-state index in [1.54, 1.807) is 17.0 Å². The zero-order chi connectivity index (χ0) is 12.3. The van der Waals surface area contributed by atoms with Crippen LogP contribution in [0.25, 0.3) is 0 Å². The molecule has 1 aliphatic rings. The molecule has 3 N–H and O–H groups in total. The highest BCUT2D eigenvalue weighted by molar-refractivity contribution is 5.91. The molecule has 2 rings (SSSR count). The molecule has 1 aromatic rings. The molecule has 0 radical (unpaired) electrons. The summed E-state index contributed by atoms with van der Waals surface area (Å²) in [6.07, 6.45) is 0. The molecule has 0 saturated carbocycles. The summed E-state index contributed by atoms with van der Waals surface area (Å²) in [6.45, 7) is 3.68. The summed E-state index contributed by atoms with van der Waals surface area (Å²) in [6, 6.07) is 3.17. The van der Waals surface area contributed by atoms with Crippen LogP contribution in [0.3, 0.4) is 0 Å². The fourth-order valence-corrected chi connectivity index (χ4v) is 1.94. The minimum Gasteiger partial charge on any atom is -0.436 e. The third-order valence-corrected chi connectivity index (χ3v) is 2.91. The van der Waals surface area contributed by atoms with Gasteiger partial charge in [0, 0.05) is 38.8 Å². The van der Waals surface area contributed by atoms with Crippen molar-refractivity contribution in [1.82, 2.24) is 9.80 Å². The maximum atomic E-state index is 12.0. The van der Waals surface area contributed by atoms with Gasteiger partial charge in [0.25, 0.3) is 5.91 Å². The molecule has 2 heterocycles. The zero-order valence-corrected chi connectivity index (χ0v) is 9.63. The van der Waals surface area contributed by atoms with Crippen molar-refractivity contribution in [3.8, 4) is 0 Å². The fraction of sp³-hybridized carbons (Fsp3) is 0.545. The van der Waals surface area contributed by atoms with Gasteiger partial charge in [-0.1, -0.05) is 0 Å². The van der Waals surface area contributed by atoms with Gasteiger partial charge in [0.1, 0.15) is 0 Å². The predicted molar refractivity (Wildman–Crippen MR) is 62.5 cm³/mol. The molecular formula is C11H17N3O3. The second-order valence-electron chi connectivity index (χ2n) is 4.06. The Hall–Kier alpha value is -1.53. The molecule has 6 heteroatoms. The maximum absolute atomic E-state index is 12.0. The third-order valence-electron chi connectivity index (χ3n) is 2.91. The molecule has 1 saturated heterocycles. The summed E-state index contributed by atoms with van der Waals surface area (Å²) in [7, 11) is 0. The van der Waals surface area contributed by atoms with Gasteiger partial charge in [-0.3, -0.25) is 9.69 Å². The van der Waals surface area contributed by atoms with Gasteiger partial charge >= 0.3 is 0 Å². The molecule has 0 spiro atoms. The van der Waals surface area contributed by atoms with E-state index in [2.05, 4.69) is 4.90 Å². The van der Waals surface area contributed by atoms with Crippen LogP contribution in [0.4, 0.5) is 5.88 Å². The van der Waals surface area contributed by atoms with Crippen molar-refractivity contribution in [2.75, 3.05) is 45.1 Å². The van der Waals surface area contributed by atoms with Gasteiger partial charge in [0.15, 0.2) is 11.6 Å². The third kappa shape index (κ3) is 2.78. The van der Waals surface area contributed by atoms with E-state index in [4.69, 9.17) is 15.3 Å². The van der Waals surface area contributed by atoms with E-state index in [0.29, 0.717) is 19.6 Å². The Morgan fingerprint density at radius 3 is 2.59 bits per heavy atom. The Morgan fingerprint density at radius 2 is 2.06 bits per heavy atom. The Kier molecular flexibility index (Phi) is 3.65. The molecule has 17 heavy (non-hydrogen) atoms. The van der Waals surface area contributed by atoms with Crippen molar-refractivity contribution in [3.05, 3.63) is 17.9 Å². The Morgan fingerprint density at radius 1 is 1.35 bits per heavy atom. The predicted octanol–water partition coefficient (Wildman–Crippen LogP) is -0.388. The lowest BCUT2D eigenvalue weighted by Gasteiger charge is -2.33. The number of hydrogen-bond donors (Lipinski definition) is 2. The SMILES string of the molecule is Nc1ccc(C(=O)N2CCN(CCO)CC2)o1. The lowest BCUT2D eigenvalue weighted by atomic mass is 10.3. The van der Waals surface area contributed by atoms with E-state index in [1.165, 1.54) is 0 Å². The van der Waals surface area contributed by atoms with Crippen LogP contribution >= 0.6 is 0 Å². The van der Waals surface area contributed by atoms with Crippen LogP contribution in [0.5, 0.6) is 0 Å². The monoisotopic (exact) mass is 239 g/mol.